The highest BCUT2D eigenvalue weighted by molar-refractivity contribution is 9.10. The molecule has 1 rings (SSSR count). The molecule has 76 valence electrons. The van der Waals surface area contributed by atoms with Gasteiger partial charge in [-0.05, 0) is 15.9 Å². The van der Waals surface area contributed by atoms with Crippen LogP contribution in [-0.2, 0) is 4.79 Å². The third kappa shape index (κ3) is 1.98. The Morgan fingerprint density at radius 1 is 1.50 bits per heavy atom. The number of nitrogen functional groups attached to an aromatic ring is 1. The molecule has 1 heterocycles. The molecule has 2 N–H and O–H groups in total. The zero-order valence-electron chi connectivity index (χ0n) is 6.97. The second-order valence-electron chi connectivity index (χ2n) is 2.34. The van der Waals surface area contributed by atoms with Gasteiger partial charge in [0.2, 0.25) is 5.82 Å². The van der Waals surface area contributed by atoms with E-state index >= 15 is 0 Å². The van der Waals surface area contributed by atoms with Crippen LogP contribution in [0.25, 0.3) is 0 Å². The molecule has 0 aromatic carbocycles. The van der Waals surface area contributed by atoms with Crippen molar-refractivity contribution in [3.05, 3.63) is 16.2 Å². The van der Waals surface area contributed by atoms with Crippen LogP contribution in [0.5, 0.6) is 5.88 Å². The Labute approximate surface area is 86.2 Å². The van der Waals surface area contributed by atoms with E-state index in [4.69, 9.17) is 5.73 Å². The third-order valence-electron chi connectivity index (χ3n) is 1.28. The quantitative estimate of drug-likeness (QED) is 0.620. The highest BCUT2D eigenvalue weighted by atomic mass is 79.9. The summed E-state index contributed by atoms with van der Waals surface area (Å²) >= 11 is 2.70. The lowest BCUT2D eigenvalue weighted by molar-refractivity contribution is -0.132. The van der Waals surface area contributed by atoms with E-state index in [2.05, 4.69) is 25.7 Å². The van der Waals surface area contributed by atoms with Gasteiger partial charge in [-0.1, -0.05) is 0 Å². The lowest BCUT2D eigenvalue weighted by Gasteiger charge is -2.05. The molecule has 1 aromatic heterocycles. The molecule has 14 heavy (non-hydrogen) atoms. The van der Waals surface area contributed by atoms with E-state index in [0.717, 1.165) is 6.92 Å². The zero-order chi connectivity index (χ0) is 10.9. The highest BCUT2D eigenvalue weighted by Gasteiger charge is 2.18. The largest absolute Gasteiger partial charge is 0.404 e. The molecule has 0 aliphatic heterocycles. The van der Waals surface area contributed by atoms with Gasteiger partial charge < -0.3 is 10.5 Å². The average Bonchev–Trinajstić information content (AvgIpc) is 2.10. The third-order valence-corrected chi connectivity index (χ3v) is 1.81. The lowest BCUT2D eigenvalue weighted by atomic mass is 10.4. The SMILES string of the molecule is CC(=O)Oc1nc(Br)c(F)c(N)c1F. The summed E-state index contributed by atoms with van der Waals surface area (Å²) in [5.41, 5.74) is 4.30. The summed E-state index contributed by atoms with van der Waals surface area (Å²) in [6.07, 6.45) is 0. The summed E-state index contributed by atoms with van der Waals surface area (Å²) in [5, 5.41) is 0. The van der Waals surface area contributed by atoms with Crippen LogP contribution < -0.4 is 10.5 Å². The molecule has 0 unspecified atom stereocenters. The van der Waals surface area contributed by atoms with Crippen molar-refractivity contribution in [2.24, 2.45) is 0 Å². The first-order chi connectivity index (χ1) is 6.43. The lowest BCUT2D eigenvalue weighted by Crippen LogP contribution is -2.08. The van der Waals surface area contributed by atoms with E-state index in [9.17, 15) is 13.6 Å². The second-order valence-corrected chi connectivity index (χ2v) is 3.09. The number of esters is 1. The maximum absolute atomic E-state index is 13.1. The summed E-state index contributed by atoms with van der Waals surface area (Å²) in [5.74, 6) is -3.64. The fourth-order valence-corrected chi connectivity index (χ4v) is 1.09. The predicted molar refractivity (Wildman–Crippen MR) is 47.6 cm³/mol. The van der Waals surface area contributed by atoms with E-state index in [1.165, 1.54) is 0 Å². The Balaban J connectivity index is 3.25. The molecule has 0 atom stereocenters. The van der Waals surface area contributed by atoms with Crippen molar-refractivity contribution in [1.82, 2.24) is 4.98 Å². The average molecular weight is 267 g/mol. The number of pyridine rings is 1. The van der Waals surface area contributed by atoms with Crippen molar-refractivity contribution in [3.63, 3.8) is 0 Å². The van der Waals surface area contributed by atoms with Crippen LogP contribution in [0, 0.1) is 11.6 Å². The molecular formula is C7H5BrF2N2O2. The van der Waals surface area contributed by atoms with Crippen LogP contribution in [0.1, 0.15) is 6.92 Å². The van der Waals surface area contributed by atoms with E-state index in [1.807, 2.05) is 0 Å². The van der Waals surface area contributed by atoms with Gasteiger partial charge in [-0.15, -0.1) is 0 Å². The molecule has 7 heteroatoms. The number of ether oxygens (including phenoxy) is 1. The molecule has 0 aliphatic carbocycles. The van der Waals surface area contributed by atoms with E-state index in [-0.39, 0.29) is 4.60 Å². The van der Waals surface area contributed by atoms with Gasteiger partial charge >= 0.3 is 5.97 Å². The molecule has 0 fully saturated rings. The van der Waals surface area contributed by atoms with Gasteiger partial charge in [0.15, 0.2) is 5.82 Å². The van der Waals surface area contributed by atoms with Gasteiger partial charge in [0, 0.05) is 6.92 Å². The van der Waals surface area contributed by atoms with Crippen molar-refractivity contribution < 1.29 is 18.3 Å². The number of nitrogens with zero attached hydrogens (tertiary/aromatic N) is 1. The van der Waals surface area contributed by atoms with Crippen molar-refractivity contribution in [2.45, 2.75) is 6.92 Å². The minimum Gasteiger partial charge on any atom is -0.404 e. The molecule has 0 saturated carbocycles. The summed E-state index contributed by atoms with van der Waals surface area (Å²) < 4.78 is 30.0. The highest BCUT2D eigenvalue weighted by Crippen LogP contribution is 2.28. The molecule has 0 amide bonds. The number of hydrogen-bond donors (Lipinski definition) is 1. The van der Waals surface area contributed by atoms with E-state index in [1.54, 1.807) is 0 Å². The molecule has 0 aliphatic rings. The Morgan fingerprint density at radius 2 is 2.07 bits per heavy atom. The number of nitrogens with two attached hydrogens (primary N) is 1. The fourth-order valence-electron chi connectivity index (χ4n) is 0.714. The molecule has 1 aromatic rings. The van der Waals surface area contributed by atoms with Crippen LogP contribution in [0.2, 0.25) is 0 Å². The molecular weight excluding hydrogens is 262 g/mol. The first-order valence-electron chi connectivity index (χ1n) is 3.42. The Kier molecular flexibility index (Phi) is 3.00. The van der Waals surface area contributed by atoms with E-state index < -0.39 is 29.2 Å². The maximum atomic E-state index is 13.1. The summed E-state index contributed by atoms with van der Waals surface area (Å²) in [6, 6.07) is 0. The Morgan fingerprint density at radius 3 is 2.57 bits per heavy atom. The summed E-state index contributed by atoms with van der Waals surface area (Å²) in [6.45, 7) is 1.06. The topological polar surface area (TPSA) is 65.2 Å². The fraction of sp³-hybridized carbons (Fsp3) is 0.143. The number of anilines is 1. The monoisotopic (exact) mass is 266 g/mol. The van der Waals surface area contributed by atoms with Crippen molar-refractivity contribution in [1.29, 1.82) is 0 Å². The molecule has 0 spiro atoms. The van der Waals surface area contributed by atoms with Gasteiger partial charge in [0.05, 0.1) is 0 Å². The number of aromatic nitrogens is 1. The van der Waals surface area contributed by atoms with Crippen molar-refractivity contribution >= 4 is 27.6 Å². The first-order valence-corrected chi connectivity index (χ1v) is 4.21. The second kappa shape index (κ2) is 3.87. The number of carbonyl (C=O) groups excluding carboxylic acids is 1. The Hall–Kier alpha value is -1.24. The van der Waals surface area contributed by atoms with Gasteiger partial charge in [-0.2, -0.15) is 4.39 Å². The Bertz CT molecular complexity index is 398. The van der Waals surface area contributed by atoms with Crippen LogP contribution in [0.15, 0.2) is 4.60 Å². The summed E-state index contributed by atoms with van der Waals surface area (Å²) in [7, 11) is 0. The van der Waals surface area contributed by atoms with Gasteiger partial charge in [0.1, 0.15) is 10.3 Å². The molecule has 0 saturated heterocycles. The maximum Gasteiger partial charge on any atom is 0.309 e. The predicted octanol–water partition coefficient (Wildman–Crippen LogP) is 1.63. The molecule has 4 nitrogen and oxygen atoms in total. The minimum atomic E-state index is -1.19. The smallest absolute Gasteiger partial charge is 0.309 e. The number of carbonyl (C=O) groups is 1. The number of halogens is 3. The minimum absolute atomic E-state index is 0.312. The molecule has 0 radical (unpaired) electrons. The van der Waals surface area contributed by atoms with Crippen LogP contribution in [0.3, 0.4) is 0 Å². The molecule has 0 bridgehead atoms. The van der Waals surface area contributed by atoms with Gasteiger partial charge in [-0.25, -0.2) is 9.37 Å². The number of rotatable bonds is 1. The van der Waals surface area contributed by atoms with Gasteiger partial charge in [-0.3, -0.25) is 4.79 Å². The number of hydrogen-bond acceptors (Lipinski definition) is 4. The van der Waals surface area contributed by atoms with Crippen LogP contribution in [-0.4, -0.2) is 11.0 Å². The summed E-state index contributed by atoms with van der Waals surface area (Å²) in [4.78, 5) is 13.8. The van der Waals surface area contributed by atoms with Crippen molar-refractivity contribution in [2.75, 3.05) is 5.73 Å². The van der Waals surface area contributed by atoms with Crippen LogP contribution in [0.4, 0.5) is 14.5 Å². The zero-order valence-corrected chi connectivity index (χ0v) is 8.56. The van der Waals surface area contributed by atoms with Gasteiger partial charge in [0.25, 0.3) is 5.88 Å². The standard InChI is InChI=1S/C7H5BrF2N2O2/c1-2(13)14-7-4(10)5(11)3(9)6(8)12-7/h1H3,(H2,11,12). The van der Waals surface area contributed by atoms with Crippen LogP contribution >= 0.6 is 15.9 Å². The first kappa shape index (κ1) is 10.8. The van der Waals surface area contributed by atoms with Crippen molar-refractivity contribution in [3.8, 4) is 5.88 Å². The van der Waals surface area contributed by atoms with E-state index in [0.29, 0.717) is 0 Å². The normalized spacial score (nSPS) is 10.0.